The van der Waals surface area contributed by atoms with Gasteiger partial charge in [0, 0.05) is 32.7 Å². The van der Waals surface area contributed by atoms with E-state index < -0.39 is 11.7 Å². The van der Waals surface area contributed by atoms with Crippen molar-refractivity contribution >= 4 is 43.6 Å². The van der Waals surface area contributed by atoms with Gasteiger partial charge in [0.15, 0.2) is 0 Å². The van der Waals surface area contributed by atoms with Crippen molar-refractivity contribution in [2.24, 2.45) is 0 Å². The number of rotatable bonds is 3. The van der Waals surface area contributed by atoms with Gasteiger partial charge >= 0.3 is 6.18 Å². The zero-order valence-electron chi connectivity index (χ0n) is 25.8. The fourth-order valence-corrected chi connectivity index (χ4v) is 7.06. The van der Waals surface area contributed by atoms with Crippen molar-refractivity contribution in [3.8, 4) is 46.8 Å². The number of benzene rings is 6. The minimum absolute atomic E-state index is 0.0123. The van der Waals surface area contributed by atoms with Crippen LogP contribution < -0.4 is 0 Å². The summed E-state index contributed by atoms with van der Waals surface area (Å²) in [5.41, 5.74) is 2.04. The molecule has 0 unspecified atom stereocenters. The van der Waals surface area contributed by atoms with Gasteiger partial charge in [0.25, 0.3) is 0 Å². The largest absolute Gasteiger partial charge is 0.417 e. The lowest BCUT2D eigenvalue weighted by Gasteiger charge is -2.22. The molecule has 2 aromatic heterocycles. The summed E-state index contributed by atoms with van der Waals surface area (Å²) in [6, 6.07) is 40.3. The molecule has 2 heterocycles. The van der Waals surface area contributed by atoms with Crippen LogP contribution in [0.4, 0.5) is 13.2 Å². The zero-order valence-corrected chi connectivity index (χ0v) is 25.8. The molecule has 0 atom stereocenters. The molecule has 0 saturated carbocycles. The van der Waals surface area contributed by atoms with Gasteiger partial charge in [-0.1, -0.05) is 60.7 Å². The second-order valence-electron chi connectivity index (χ2n) is 11.7. The predicted octanol–water partition coefficient (Wildman–Crippen LogP) is 10.1. The molecule has 0 fully saturated rings. The molecule has 0 N–H and O–H groups in total. The average molecular weight is 653 g/mol. The maximum absolute atomic E-state index is 14.8. The summed E-state index contributed by atoms with van der Waals surface area (Å²) in [6.07, 6.45) is -4.83. The van der Waals surface area contributed by atoms with E-state index in [1.807, 2.05) is 53.1 Å². The van der Waals surface area contributed by atoms with Crippen molar-refractivity contribution < 1.29 is 13.2 Å². The van der Waals surface area contributed by atoms with E-state index in [0.717, 1.165) is 33.1 Å². The highest BCUT2D eigenvalue weighted by atomic mass is 19.4. The number of hydrogen-bond acceptors (Lipinski definition) is 4. The third-order valence-corrected chi connectivity index (χ3v) is 9.10. The Kier molecular flexibility index (Phi) is 6.69. The number of fused-ring (bicyclic) bond motifs is 6. The first-order valence-electron chi connectivity index (χ1n) is 15.3. The third kappa shape index (κ3) is 4.32. The van der Waals surface area contributed by atoms with Crippen LogP contribution >= 0.6 is 0 Å². The molecule has 0 aliphatic rings. The summed E-state index contributed by atoms with van der Waals surface area (Å²) in [5.74, 6) is 0. The predicted molar refractivity (Wildman–Crippen MR) is 184 cm³/mol. The van der Waals surface area contributed by atoms with E-state index in [4.69, 9.17) is 0 Å². The molecule has 234 valence electrons. The standard InChI is InChI=1S/C41H19F3N6/c42-41(43,44)33-9-5-6-26(22-47)39(33)31-16-17-36(49-34-10-3-1-7-27(34)29-14-12-24(20-45)18-37(29)49)32(23-48)40(31)50-35-11-4-2-8-28(35)30-15-13-25(21-46)19-38(30)50/h1-19H. The van der Waals surface area contributed by atoms with Gasteiger partial charge in [0.1, 0.15) is 11.6 Å². The second kappa shape index (κ2) is 11.1. The van der Waals surface area contributed by atoms with Crippen LogP contribution in [0, 0.1) is 45.3 Å². The van der Waals surface area contributed by atoms with E-state index in [2.05, 4.69) is 18.2 Å². The zero-order chi connectivity index (χ0) is 34.7. The van der Waals surface area contributed by atoms with Crippen LogP contribution in [0.5, 0.6) is 0 Å². The lowest BCUT2D eigenvalue weighted by atomic mass is 9.90. The minimum atomic E-state index is -4.83. The van der Waals surface area contributed by atoms with E-state index in [1.165, 1.54) is 18.2 Å². The molecule has 0 saturated heterocycles. The Balaban J connectivity index is 1.63. The molecule has 9 heteroatoms. The lowest BCUT2D eigenvalue weighted by molar-refractivity contribution is -0.137. The van der Waals surface area contributed by atoms with Gasteiger partial charge in [-0.25, -0.2) is 0 Å². The molecule has 6 aromatic carbocycles. The summed E-state index contributed by atoms with van der Waals surface area (Å²) in [6.45, 7) is 0. The maximum atomic E-state index is 14.8. The number of hydrogen-bond donors (Lipinski definition) is 0. The van der Waals surface area contributed by atoms with Gasteiger partial charge in [0.05, 0.1) is 73.9 Å². The normalized spacial score (nSPS) is 11.4. The number of halogens is 3. The molecule has 8 rings (SSSR count). The van der Waals surface area contributed by atoms with Crippen molar-refractivity contribution in [2.75, 3.05) is 0 Å². The number of aromatic nitrogens is 2. The van der Waals surface area contributed by atoms with Gasteiger partial charge < -0.3 is 9.13 Å². The fraction of sp³-hybridized carbons (Fsp3) is 0.0244. The van der Waals surface area contributed by atoms with E-state index in [1.54, 1.807) is 53.1 Å². The summed E-state index contributed by atoms with van der Waals surface area (Å²) in [4.78, 5) is 0. The number of nitriles is 4. The molecule has 0 radical (unpaired) electrons. The molecule has 8 aromatic rings. The average Bonchev–Trinajstić information content (AvgIpc) is 3.65. The van der Waals surface area contributed by atoms with Crippen LogP contribution in [0.1, 0.15) is 27.8 Å². The SMILES string of the molecule is N#Cc1ccc2c3ccccc3n(-c3ccc(-c4c(C#N)cccc4C(F)(F)F)c(-n4c5ccccc5c5ccc(C#N)cc54)c3C#N)c2c1. The third-order valence-electron chi connectivity index (χ3n) is 9.10. The van der Waals surface area contributed by atoms with E-state index >= 15 is 0 Å². The molecule has 6 nitrogen and oxygen atoms in total. The first-order chi connectivity index (χ1) is 24.3. The van der Waals surface area contributed by atoms with Crippen LogP contribution in [0.25, 0.3) is 66.1 Å². The monoisotopic (exact) mass is 652 g/mol. The highest BCUT2D eigenvalue weighted by Gasteiger charge is 2.36. The van der Waals surface area contributed by atoms with E-state index in [0.29, 0.717) is 33.4 Å². The van der Waals surface area contributed by atoms with Gasteiger partial charge in [-0.2, -0.15) is 34.2 Å². The molecule has 50 heavy (non-hydrogen) atoms. The Labute approximate surface area is 282 Å². The Hall–Kier alpha value is -7.33. The van der Waals surface area contributed by atoms with Crippen molar-refractivity contribution in [2.45, 2.75) is 6.18 Å². The molecule has 0 spiro atoms. The Morgan fingerprint density at radius 2 is 1.06 bits per heavy atom. The highest BCUT2D eigenvalue weighted by Crippen LogP contribution is 2.46. The summed E-state index contributed by atoms with van der Waals surface area (Å²) in [5, 5.41) is 44.1. The molecular formula is C41H19F3N6. The smallest absolute Gasteiger partial charge is 0.308 e. The summed E-state index contributed by atoms with van der Waals surface area (Å²) < 4.78 is 47.9. The van der Waals surface area contributed by atoms with Crippen LogP contribution in [-0.2, 0) is 6.18 Å². The summed E-state index contributed by atoms with van der Waals surface area (Å²) >= 11 is 0. The Morgan fingerprint density at radius 3 is 1.62 bits per heavy atom. The number of nitrogens with zero attached hydrogens (tertiary/aromatic N) is 6. The molecule has 0 aliphatic heterocycles. The molecule has 0 bridgehead atoms. The van der Waals surface area contributed by atoms with Gasteiger partial charge in [-0.05, 0) is 54.6 Å². The highest BCUT2D eigenvalue weighted by molar-refractivity contribution is 6.12. The van der Waals surface area contributed by atoms with E-state index in [9.17, 15) is 34.2 Å². The minimum Gasteiger partial charge on any atom is -0.308 e. The van der Waals surface area contributed by atoms with Crippen molar-refractivity contribution in [3.63, 3.8) is 0 Å². The van der Waals surface area contributed by atoms with Gasteiger partial charge in [0.2, 0.25) is 0 Å². The van der Waals surface area contributed by atoms with Crippen molar-refractivity contribution in [3.05, 3.63) is 143 Å². The van der Waals surface area contributed by atoms with Crippen LogP contribution in [0.2, 0.25) is 0 Å². The second-order valence-corrected chi connectivity index (χ2v) is 11.7. The van der Waals surface area contributed by atoms with Crippen LogP contribution in [0.3, 0.4) is 0 Å². The number of para-hydroxylation sites is 2. The van der Waals surface area contributed by atoms with Crippen molar-refractivity contribution in [1.82, 2.24) is 9.13 Å². The first-order valence-corrected chi connectivity index (χ1v) is 15.3. The summed E-state index contributed by atoms with van der Waals surface area (Å²) in [7, 11) is 0. The Bertz CT molecular complexity index is 2920. The molecule has 0 aliphatic carbocycles. The lowest BCUT2D eigenvalue weighted by Crippen LogP contribution is -2.11. The molecule has 0 amide bonds. The molecular weight excluding hydrogens is 633 g/mol. The van der Waals surface area contributed by atoms with Crippen LogP contribution in [-0.4, -0.2) is 9.13 Å². The fourth-order valence-electron chi connectivity index (χ4n) is 7.06. The van der Waals surface area contributed by atoms with Crippen molar-refractivity contribution in [1.29, 1.82) is 21.0 Å². The topological polar surface area (TPSA) is 105 Å². The maximum Gasteiger partial charge on any atom is 0.417 e. The van der Waals surface area contributed by atoms with Crippen LogP contribution in [0.15, 0.2) is 115 Å². The van der Waals surface area contributed by atoms with Gasteiger partial charge in [-0.15, -0.1) is 0 Å². The Morgan fingerprint density at radius 1 is 0.500 bits per heavy atom. The first kappa shape index (κ1) is 30.0. The van der Waals surface area contributed by atoms with Gasteiger partial charge in [-0.3, -0.25) is 0 Å². The quantitative estimate of drug-likeness (QED) is 0.189. The number of alkyl halides is 3. The van der Waals surface area contributed by atoms with E-state index in [-0.39, 0.29) is 27.9 Å².